The van der Waals surface area contributed by atoms with E-state index in [0.29, 0.717) is 17.1 Å². The number of aromatic amines is 1. The van der Waals surface area contributed by atoms with Gasteiger partial charge in [-0.3, -0.25) is 9.89 Å². The van der Waals surface area contributed by atoms with Gasteiger partial charge in [0.05, 0.1) is 29.3 Å². The van der Waals surface area contributed by atoms with Crippen molar-refractivity contribution >= 4 is 17.5 Å². The predicted molar refractivity (Wildman–Crippen MR) is 107 cm³/mol. The summed E-state index contributed by atoms with van der Waals surface area (Å²) in [4.78, 5) is 12.7. The molecule has 3 rings (SSSR count). The summed E-state index contributed by atoms with van der Waals surface area (Å²) in [6, 6.07) is 7.47. The smallest absolute Gasteiger partial charge is 0.254 e. The fraction of sp³-hybridized carbons (Fsp3) is 0.350. The molecule has 0 radical (unpaired) electrons. The van der Waals surface area contributed by atoms with Gasteiger partial charge in [0.15, 0.2) is 0 Å². The highest BCUT2D eigenvalue weighted by Crippen LogP contribution is 2.24. The van der Waals surface area contributed by atoms with Gasteiger partial charge < -0.3 is 5.32 Å². The minimum atomic E-state index is -0.101. The molecule has 7 heteroatoms. The SMILES string of the molecule is Cc1[nH]ncc1CCCNC(=O)c1cnn(-c2cccc(Cl)c2)c1C(C)C. The summed E-state index contributed by atoms with van der Waals surface area (Å²) in [5, 5.41) is 15.0. The first-order chi connectivity index (χ1) is 13.0. The number of carbonyl (C=O) groups excluding carboxylic acids is 1. The lowest BCUT2D eigenvalue weighted by atomic mass is 10.0. The van der Waals surface area contributed by atoms with E-state index in [2.05, 4.69) is 34.5 Å². The number of nitrogens with one attached hydrogen (secondary N) is 2. The predicted octanol–water partition coefficient (Wildman–Crippen LogP) is 4.04. The molecular weight excluding hydrogens is 362 g/mol. The number of rotatable bonds is 7. The highest BCUT2D eigenvalue weighted by Gasteiger charge is 2.20. The Morgan fingerprint density at radius 2 is 2.15 bits per heavy atom. The second-order valence-electron chi connectivity index (χ2n) is 6.87. The molecule has 0 aliphatic heterocycles. The second-order valence-corrected chi connectivity index (χ2v) is 7.31. The van der Waals surface area contributed by atoms with Crippen molar-refractivity contribution in [3.05, 3.63) is 64.2 Å². The Hall–Kier alpha value is -2.60. The van der Waals surface area contributed by atoms with Gasteiger partial charge in [-0.15, -0.1) is 0 Å². The molecule has 1 aromatic carbocycles. The number of carbonyl (C=O) groups is 1. The van der Waals surface area contributed by atoms with Crippen LogP contribution in [0.5, 0.6) is 0 Å². The fourth-order valence-corrected chi connectivity index (χ4v) is 3.29. The zero-order chi connectivity index (χ0) is 19.4. The number of halogens is 1. The molecule has 6 nitrogen and oxygen atoms in total. The normalized spacial score (nSPS) is 11.1. The number of amides is 1. The molecule has 0 fully saturated rings. The summed E-state index contributed by atoms with van der Waals surface area (Å²) < 4.78 is 1.79. The van der Waals surface area contributed by atoms with Gasteiger partial charge in [0.2, 0.25) is 0 Å². The van der Waals surface area contributed by atoms with Gasteiger partial charge in [-0.05, 0) is 49.4 Å². The van der Waals surface area contributed by atoms with Crippen molar-refractivity contribution < 1.29 is 4.79 Å². The van der Waals surface area contributed by atoms with E-state index in [1.54, 1.807) is 10.9 Å². The van der Waals surface area contributed by atoms with Crippen LogP contribution in [0.2, 0.25) is 5.02 Å². The molecule has 2 aromatic heterocycles. The van der Waals surface area contributed by atoms with Crippen LogP contribution in [0, 0.1) is 6.92 Å². The Morgan fingerprint density at radius 1 is 1.33 bits per heavy atom. The summed E-state index contributed by atoms with van der Waals surface area (Å²) in [7, 11) is 0. The van der Waals surface area contributed by atoms with E-state index in [9.17, 15) is 4.79 Å². The number of aromatic nitrogens is 4. The Morgan fingerprint density at radius 3 is 2.81 bits per heavy atom. The number of hydrogen-bond donors (Lipinski definition) is 2. The summed E-state index contributed by atoms with van der Waals surface area (Å²) in [6.07, 6.45) is 5.20. The summed E-state index contributed by atoms with van der Waals surface area (Å²) >= 11 is 6.11. The molecule has 27 heavy (non-hydrogen) atoms. The Bertz CT molecular complexity index is 928. The number of benzene rings is 1. The van der Waals surface area contributed by atoms with Crippen molar-refractivity contribution in [3.8, 4) is 5.69 Å². The van der Waals surface area contributed by atoms with Gasteiger partial charge in [0.1, 0.15) is 0 Å². The van der Waals surface area contributed by atoms with E-state index in [-0.39, 0.29) is 11.8 Å². The highest BCUT2D eigenvalue weighted by molar-refractivity contribution is 6.30. The molecule has 0 unspecified atom stereocenters. The molecule has 0 saturated heterocycles. The van der Waals surface area contributed by atoms with Crippen LogP contribution >= 0.6 is 11.6 Å². The van der Waals surface area contributed by atoms with E-state index in [1.807, 2.05) is 37.4 Å². The standard InChI is InChI=1S/C20H24ClN5O/c1-13(2)19-18(12-24-26(19)17-8-4-7-16(21)10-17)20(27)22-9-5-6-15-11-23-25-14(15)3/h4,7-8,10-13H,5-6,9H2,1-3H3,(H,22,27)(H,23,25). The third-order valence-electron chi connectivity index (χ3n) is 4.49. The molecule has 0 saturated carbocycles. The molecule has 0 spiro atoms. The van der Waals surface area contributed by atoms with E-state index >= 15 is 0 Å². The van der Waals surface area contributed by atoms with E-state index in [0.717, 1.165) is 29.9 Å². The lowest BCUT2D eigenvalue weighted by Crippen LogP contribution is -2.26. The Kier molecular flexibility index (Phi) is 5.96. The van der Waals surface area contributed by atoms with Gasteiger partial charge in [0, 0.05) is 17.3 Å². The number of aryl methyl sites for hydroxylation is 2. The topological polar surface area (TPSA) is 75.6 Å². The monoisotopic (exact) mass is 385 g/mol. The third kappa shape index (κ3) is 4.39. The van der Waals surface area contributed by atoms with Crippen LogP contribution < -0.4 is 5.32 Å². The summed E-state index contributed by atoms with van der Waals surface area (Å²) in [6.45, 7) is 6.70. The van der Waals surface area contributed by atoms with Crippen LogP contribution in [0.25, 0.3) is 5.69 Å². The summed E-state index contributed by atoms with van der Waals surface area (Å²) in [5.41, 5.74) is 4.58. The molecule has 3 aromatic rings. The average Bonchev–Trinajstić information content (AvgIpc) is 3.25. The number of H-pyrrole nitrogens is 1. The lowest BCUT2D eigenvalue weighted by molar-refractivity contribution is 0.0952. The van der Waals surface area contributed by atoms with Crippen molar-refractivity contribution in [2.75, 3.05) is 6.54 Å². The van der Waals surface area contributed by atoms with Crippen LogP contribution in [0.3, 0.4) is 0 Å². The Labute approximate surface area is 163 Å². The fourth-order valence-electron chi connectivity index (χ4n) is 3.11. The quantitative estimate of drug-likeness (QED) is 0.602. The zero-order valence-electron chi connectivity index (χ0n) is 15.8. The van der Waals surface area contributed by atoms with Crippen LogP contribution in [-0.4, -0.2) is 32.4 Å². The van der Waals surface area contributed by atoms with Crippen LogP contribution in [0.1, 0.15) is 53.5 Å². The average molecular weight is 386 g/mol. The van der Waals surface area contributed by atoms with Gasteiger partial charge in [-0.25, -0.2) is 4.68 Å². The molecule has 0 bridgehead atoms. The summed E-state index contributed by atoms with van der Waals surface area (Å²) in [5.74, 6) is 0.0386. The molecule has 0 atom stereocenters. The van der Waals surface area contributed by atoms with Crippen molar-refractivity contribution in [1.29, 1.82) is 0 Å². The lowest BCUT2D eigenvalue weighted by Gasteiger charge is -2.13. The molecule has 2 heterocycles. The van der Waals surface area contributed by atoms with Crippen LogP contribution in [0.15, 0.2) is 36.7 Å². The maximum absolute atomic E-state index is 12.7. The van der Waals surface area contributed by atoms with Gasteiger partial charge >= 0.3 is 0 Å². The minimum absolute atomic E-state index is 0.101. The molecule has 0 aliphatic carbocycles. The third-order valence-corrected chi connectivity index (χ3v) is 4.73. The van der Waals surface area contributed by atoms with Gasteiger partial charge in [0.25, 0.3) is 5.91 Å². The maximum atomic E-state index is 12.7. The minimum Gasteiger partial charge on any atom is -0.352 e. The molecule has 0 aliphatic rings. The largest absolute Gasteiger partial charge is 0.352 e. The molecule has 1 amide bonds. The first-order valence-corrected chi connectivity index (χ1v) is 9.46. The van der Waals surface area contributed by atoms with Gasteiger partial charge in [-0.1, -0.05) is 31.5 Å². The van der Waals surface area contributed by atoms with Crippen molar-refractivity contribution in [2.45, 2.75) is 39.5 Å². The van der Waals surface area contributed by atoms with E-state index in [1.165, 1.54) is 5.56 Å². The van der Waals surface area contributed by atoms with Crippen molar-refractivity contribution in [2.24, 2.45) is 0 Å². The zero-order valence-corrected chi connectivity index (χ0v) is 16.5. The van der Waals surface area contributed by atoms with Crippen LogP contribution in [-0.2, 0) is 6.42 Å². The van der Waals surface area contributed by atoms with Gasteiger partial charge in [-0.2, -0.15) is 10.2 Å². The van der Waals surface area contributed by atoms with Crippen LogP contribution in [0.4, 0.5) is 0 Å². The maximum Gasteiger partial charge on any atom is 0.254 e. The highest BCUT2D eigenvalue weighted by atomic mass is 35.5. The van der Waals surface area contributed by atoms with E-state index < -0.39 is 0 Å². The first kappa shape index (κ1) is 19.2. The number of hydrogen-bond acceptors (Lipinski definition) is 3. The Balaban J connectivity index is 1.70. The van der Waals surface area contributed by atoms with Crippen molar-refractivity contribution in [1.82, 2.24) is 25.3 Å². The van der Waals surface area contributed by atoms with Crippen molar-refractivity contribution in [3.63, 3.8) is 0 Å². The molecular formula is C20H24ClN5O. The van der Waals surface area contributed by atoms with E-state index in [4.69, 9.17) is 11.6 Å². The molecule has 2 N–H and O–H groups in total. The second kappa shape index (κ2) is 8.39. The number of nitrogens with zero attached hydrogens (tertiary/aromatic N) is 3. The first-order valence-electron chi connectivity index (χ1n) is 9.08. The molecule has 142 valence electrons.